The molecule has 0 radical (unpaired) electrons. The third kappa shape index (κ3) is 6.22. The van der Waals surface area contributed by atoms with Crippen LogP contribution in [0.4, 0.5) is 10.1 Å². The minimum absolute atomic E-state index is 0.171. The predicted octanol–water partition coefficient (Wildman–Crippen LogP) is 2.90. The molecule has 0 saturated carbocycles. The first-order valence-electron chi connectivity index (χ1n) is 7.54. The van der Waals surface area contributed by atoms with Gasteiger partial charge >= 0.3 is 0 Å². The highest BCUT2D eigenvalue weighted by Gasteiger charge is 2.07. The third-order valence-corrected chi connectivity index (χ3v) is 4.61. The van der Waals surface area contributed by atoms with E-state index in [0.717, 1.165) is 11.1 Å². The van der Waals surface area contributed by atoms with Crippen molar-refractivity contribution >= 4 is 22.4 Å². The van der Waals surface area contributed by atoms with Crippen molar-refractivity contribution in [2.75, 3.05) is 24.8 Å². The summed E-state index contributed by atoms with van der Waals surface area (Å²) in [6.45, 7) is 0.459. The van der Waals surface area contributed by atoms with Crippen molar-refractivity contribution < 1.29 is 18.1 Å². The molecule has 0 aromatic heterocycles. The molecule has 2 rings (SSSR count). The highest BCUT2D eigenvalue weighted by molar-refractivity contribution is 7.84. The number of halogens is 1. The maximum atomic E-state index is 12.9. The molecular formula is C18H20FNO3S. The molecule has 128 valence electrons. The first-order chi connectivity index (χ1) is 11.6. The van der Waals surface area contributed by atoms with Crippen LogP contribution in [0.1, 0.15) is 11.1 Å². The molecule has 0 aliphatic heterocycles. The van der Waals surface area contributed by atoms with Gasteiger partial charge in [0.2, 0.25) is 5.91 Å². The Morgan fingerprint density at radius 1 is 1.17 bits per heavy atom. The smallest absolute Gasteiger partial charge is 0.228 e. The lowest BCUT2D eigenvalue weighted by Crippen LogP contribution is -2.14. The molecule has 24 heavy (non-hydrogen) atoms. The zero-order valence-electron chi connectivity index (χ0n) is 13.5. The molecule has 1 N–H and O–H groups in total. The molecule has 0 aliphatic carbocycles. The summed E-state index contributed by atoms with van der Waals surface area (Å²) in [6.07, 6.45) is 0.171. The fourth-order valence-electron chi connectivity index (χ4n) is 2.17. The fraction of sp³-hybridized carbons (Fsp3) is 0.278. The van der Waals surface area contributed by atoms with Crippen molar-refractivity contribution in [2.24, 2.45) is 0 Å². The Bertz CT molecular complexity index is 704. The summed E-state index contributed by atoms with van der Waals surface area (Å²) in [7, 11) is 0.579. The summed E-state index contributed by atoms with van der Waals surface area (Å²) in [5, 5.41) is 2.81. The number of carbonyl (C=O) groups is 1. The van der Waals surface area contributed by atoms with Gasteiger partial charge in [-0.25, -0.2) is 4.39 Å². The maximum absolute atomic E-state index is 12.9. The highest BCUT2D eigenvalue weighted by Crippen LogP contribution is 2.13. The van der Waals surface area contributed by atoms with Crippen molar-refractivity contribution in [3.05, 3.63) is 65.5 Å². The number of amides is 1. The summed E-state index contributed by atoms with van der Waals surface area (Å²) in [5.41, 5.74) is 2.29. The van der Waals surface area contributed by atoms with E-state index in [1.54, 1.807) is 25.3 Å². The Hall–Kier alpha value is -2.05. The molecule has 0 saturated heterocycles. The number of hydrogen-bond donors (Lipinski definition) is 1. The van der Waals surface area contributed by atoms with Crippen molar-refractivity contribution in [1.82, 2.24) is 0 Å². The number of rotatable bonds is 8. The summed E-state index contributed by atoms with van der Waals surface area (Å²) in [4.78, 5) is 12.1. The molecule has 1 amide bonds. The van der Waals surface area contributed by atoms with E-state index in [9.17, 15) is 13.4 Å². The van der Waals surface area contributed by atoms with E-state index in [2.05, 4.69) is 5.32 Å². The number of benzene rings is 2. The number of methoxy groups -OCH3 is 1. The summed E-state index contributed by atoms with van der Waals surface area (Å²) < 4.78 is 29.7. The van der Waals surface area contributed by atoms with Gasteiger partial charge in [-0.1, -0.05) is 24.3 Å². The zero-order chi connectivity index (χ0) is 17.4. The van der Waals surface area contributed by atoms with Gasteiger partial charge in [-0.2, -0.15) is 0 Å². The Morgan fingerprint density at radius 2 is 1.92 bits per heavy atom. The lowest BCUT2D eigenvalue weighted by molar-refractivity contribution is -0.115. The molecular weight excluding hydrogens is 329 g/mol. The Balaban J connectivity index is 1.92. The minimum Gasteiger partial charge on any atom is -0.384 e. The second kappa shape index (κ2) is 9.30. The van der Waals surface area contributed by atoms with Crippen LogP contribution in [0.2, 0.25) is 0 Å². The summed E-state index contributed by atoms with van der Waals surface area (Å²) in [6, 6.07) is 13.1. The van der Waals surface area contributed by atoms with Crippen LogP contribution in [0.25, 0.3) is 0 Å². The number of hydrogen-bond acceptors (Lipinski definition) is 3. The van der Waals surface area contributed by atoms with Crippen LogP contribution < -0.4 is 5.32 Å². The van der Waals surface area contributed by atoms with Crippen LogP contribution in [0.3, 0.4) is 0 Å². The van der Waals surface area contributed by atoms with Crippen LogP contribution in [-0.2, 0) is 32.5 Å². The number of anilines is 1. The molecule has 0 fully saturated rings. The van der Waals surface area contributed by atoms with E-state index in [-0.39, 0.29) is 18.1 Å². The van der Waals surface area contributed by atoms with Crippen molar-refractivity contribution in [3.63, 3.8) is 0 Å². The van der Waals surface area contributed by atoms with Gasteiger partial charge in [0, 0.05) is 35.1 Å². The van der Waals surface area contributed by atoms with Crippen LogP contribution in [0.15, 0.2) is 48.5 Å². The third-order valence-electron chi connectivity index (χ3n) is 3.33. The van der Waals surface area contributed by atoms with Crippen molar-refractivity contribution in [3.8, 4) is 0 Å². The predicted molar refractivity (Wildman–Crippen MR) is 93.8 cm³/mol. The fourth-order valence-corrected chi connectivity index (χ4v) is 3.21. The van der Waals surface area contributed by atoms with Crippen LogP contribution in [0, 0.1) is 5.82 Å². The summed E-state index contributed by atoms with van der Waals surface area (Å²) >= 11 is 0. The van der Waals surface area contributed by atoms with Gasteiger partial charge in [-0.3, -0.25) is 9.00 Å². The van der Waals surface area contributed by atoms with Gasteiger partial charge in [-0.15, -0.1) is 0 Å². The van der Waals surface area contributed by atoms with Crippen LogP contribution in [-0.4, -0.2) is 29.6 Å². The van der Waals surface area contributed by atoms with Crippen LogP contribution >= 0.6 is 0 Å². The maximum Gasteiger partial charge on any atom is 0.228 e. The number of carbonyl (C=O) groups excluding carboxylic acids is 1. The lowest BCUT2D eigenvalue weighted by atomic mass is 10.1. The average molecular weight is 349 g/mol. The number of nitrogens with one attached hydrogen (secondary N) is 1. The Morgan fingerprint density at radius 3 is 2.62 bits per heavy atom. The molecule has 1 atom stereocenters. The van der Waals surface area contributed by atoms with E-state index >= 15 is 0 Å². The zero-order valence-corrected chi connectivity index (χ0v) is 14.3. The van der Waals surface area contributed by atoms with E-state index in [4.69, 9.17) is 4.74 Å². The van der Waals surface area contributed by atoms with Gasteiger partial charge in [0.15, 0.2) is 0 Å². The molecule has 0 bridgehead atoms. The second-order valence-corrected chi connectivity index (χ2v) is 6.91. The number of ether oxygens (including phenoxy) is 1. The monoisotopic (exact) mass is 349 g/mol. The van der Waals surface area contributed by atoms with E-state index in [0.29, 0.717) is 23.8 Å². The van der Waals surface area contributed by atoms with E-state index in [1.165, 1.54) is 12.1 Å². The second-order valence-electron chi connectivity index (χ2n) is 5.33. The molecule has 2 aromatic carbocycles. The molecule has 0 heterocycles. The lowest BCUT2D eigenvalue weighted by Gasteiger charge is -2.08. The largest absolute Gasteiger partial charge is 0.384 e. The first kappa shape index (κ1) is 18.3. The topological polar surface area (TPSA) is 55.4 Å². The van der Waals surface area contributed by atoms with Gasteiger partial charge in [-0.05, 0) is 35.4 Å². The van der Waals surface area contributed by atoms with Gasteiger partial charge in [0.05, 0.1) is 13.0 Å². The standard InChI is InChI=1S/C18H20FNO3S/c1-23-9-10-24(22)13-15-3-2-4-17(11-15)20-18(21)12-14-5-7-16(19)8-6-14/h2-8,11H,9-10,12-13H2,1H3,(H,20,21). The molecule has 0 spiro atoms. The van der Waals surface area contributed by atoms with E-state index in [1.807, 2.05) is 18.2 Å². The van der Waals surface area contributed by atoms with Gasteiger partial charge in [0.1, 0.15) is 5.82 Å². The summed E-state index contributed by atoms with van der Waals surface area (Å²) in [5.74, 6) is 0.399. The van der Waals surface area contributed by atoms with Gasteiger partial charge in [0.25, 0.3) is 0 Å². The Labute approximate surface area is 143 Å². The van der Waals surface area contributed by atoms with Crippen molar-refractivity contribution in [2.45, 2.75) is 12.2 Å². The quantitative estimate of drug-likeness (QED) is 0.797. The molecule has 4 nitrogen and oxygen atoms in total. The Kier molecular flexibility index (Phi) is 7.08. The molecule has 6 heteroatoms. The van der Waals surface area contributed by atoms with Crippen molar-refractivity contribution in [1.29, 1.82) is 0 Å². The highest BCUT2D eigenvalue weighted by atomic mass is 32.2. The minimum atomic E-state index is -0.999. The first-order valence-corrected chi connectivity index (χ1v) is 9.03. The average Bonchev–Trinajstić information content (AvgIpc) is 2.55. The molecule has 2 aromatic rings. The molecule has 0 aliphatic rings. The SMILES string of the molecule is COCCS(=O)Cc1cccc(NC(=O)Cc2ccc(F)cc2)c1. The van der Waals surface area contributed by atoms with E-state index < -0.39 is 10.8 Å². The normalized spacial score (nSPS) is 11.9. The van der Waals surface area contributed by atoms with Gasteiger partial charge < -0.3 is 10.1 Å². The van der Waals surface area contributed by atoms with Crippen LogP contribution in [0.5, 0.6) is 0 Å². The molecule has 1 unspecified atom stereocenters.